The van der Waals surface area contributed by atoms with Gasteiger partial charge in [0.05, 0.1) is 12.7 Å². The predicted octanol–water partition coefficient (Wildman–Crippen LogP) is 2.48. The van der Waals surface area contributed by atoms with Gasteiger partial charge in [-0.2, -0.15) is 5.26 Å². The van der Waals surface area contributed by atoms with Gasteiger partial charge in [0.1, 0.15) is 11.8 Å². The summed E-state index contributed by atoms with van der Waals surface area (Å²) in [7, 11) is 1.62. The number of nitrogens with zero attached hydrogens (tertiary/aromatic N) is 3. The molecular formula is C17H25N3O. The molecule has 0 N–H and O–H groups in total. The zero-order valence-electron chi connectivity index (χ0n) is 13.3. The number of ether oxygens (including phenoxy) is 1. The number of benzene rings is 1. The van der Waals surface area contributed by atoms with Gasteiger partial charge < -0.3 is 4.74 Å². The van der Waals surface area contributed by atoms with Crippen molar-refractivity contribution < 1.29 is 4.74 Å². The zero-order chi connectivity index (χ0) is 15.2. The van der Waals surface area contributed by atoms with E-state index in [-0.39, 0.29) is 0 Å². The van der Waals surface area contributed by atoms with Crippen molar-refractivity contribution in [2.24, 2.45) is 0 Å². The Morgan fingerprint density at radius 1 is 1.29 bits per heavy atom. The highest BCUT2D eigenvalue weighted by Crippen LogP contribution is 2.21. The molecule has 4 nitrogen and oxygen atoms in total. The summed E-state index contributed by atoms with van der Waals surface area (Å²) in [6.07, 6.45) is 1.22. The van der Waals surface area contributed by atoms with Gasteiger partial charge in [-0.3, -0.25) is 9.80 Å². The second-order valence-corrected chi connectivity index (χ2v) is 5.72. The first-order valence-corrected chi connectivity index (χ1v) is 7.71. The van der Waals surface area contributed by atoms with E-state index in [0.29, 0.717) is 17.4 Å². The Labute approximate surface area is 127 Å². The van der Waals surface area contributed by atoms with Gasteiger partial charge in [0, 0.05) is 38.8 Å². The maximum absolute atomic E-state index is 9.02. The lowest BCUT2D eigenvalue weighted by molar-refractivity contribution is 0.0963. The fourth-order valence-electron chi connectivity index (χ4n) is 2.80. The first-order valence-electron chi connectivity index (χ1n) is 7.71. The SMILES string of the molecule is CCC(C)N1CCN(Cc2ccc(C#N)c(OC)c2)CC1. The van der Waals surface area contributed by atoms with Crippen LogP contribution >= 0.6 is 0 Å². The molecule has 1 saturated heterocycles. The van der Waals surface area contributed by atoms with Crippen molar-refractivity contribution in [3.8, 4) is 11.8 Å². The molecule has 1 atom stereocenters. The number of rotatable bonds is 5. The molecule has 1 aliphatic heterocycles. The molecule has 0 aromatic heterocycles. The topological polar surface area (TPSA) is 39.5 Å². The highest BCUT2D eigenvalue weighted by atomic mass is 16.5. The summed E-state index contributed by atoms with van der Waals surface area (Å²) < 4.78 is 5.28. The Morgan fingerprint density at radius 3 is 2.57 bits per heavy atom. The van der Waals surface area contributed by atoms with E-state index in [9.17, 15) is 0 Å². The van der Waals surface area contributed by atoms with Gasteiger partial charge in [-0.1, -0.05) is 13.0 Å². The fourth-order valence-corrected chi connectivity index (χ4v) is 2.80. The van der Waals surface area contributed by atoms with Crippen LogP contribution < -0.4 is 4.74 Å². The van der Waals surface area contributed by atoms with Gasteiger partial charge in [-0.05, 0) is 31.0 Å². The lowest BCUT2D eigenvalue weighted by Gasteiger charge is -2.37. The third-order valence-corrected chi connectivity index (χ3v) is 4.41. The summed E-state index contributed by atoms with van der Waals surface area (Å²) in [5.74, 6) is 0.674. The van der Waals surface area contributed by atoms with E-state index in [4.69, 9.17) is 10.00 Å². The number of hydrogen-bond acceptors (Lipinski definition) is 4. The summed E-state index contributed by atoms with van der Waals surface area (Å²) in [6.45, 7) is 9.97. The first-order chi connectivity index (χ1) is 10.2. The summed E-state index contributed by atoms with van der Waals surface area (Å²) in [6, 6.07) is 8.71. The summed E-state index contributed by atoms with van der Waals surface area (Å²) >= 11 is 0. The van der Waals surface area contributed by atoms with Crippen LogP contribution in [0.5, 0.6) is 5.75 Å². The molecular weight excluding hydrogens is 262 g/mol. The van der Waals surface area contributed by atoms with Crippen molar-refractivity contribution in [1.29, 1.82) is 5.26 Å². The molecule has 0 radical (unpaired) electrons. The van der Waals surface area contributed by atoms with Crippen LogP contribution in [0, 0.1) is 11.3 Å². The molecule has 0 aliphatic carbocycles. The standard InChI is InChI=1S/C17H25N3O/c1-4-14(2)20-9-7-19(8-10-20)13-15-5-6-16(12-18)17(11-15)21-3/h5-6,11,14H,4,7-10,13H2,1-3H3. The van der Waals surface area contributed by atoms with Crippen LogP contribution in [0.3, 0.4) is 0 Å². The molecule has 114 valence electrons. The molecule has 1 aromatic rings. The second kappa shape index (κ2) is 7.44. The Morgan fingerprint density at radius 2 is 2.00 bits per heavy atom. The summed E-state index contributed by atoms with van der Waals surface area (Å²) in [4.78, 5) is 5.04. The van der Waals surface area contributed by atoms with E-state index in [0.717, 1.165) is 32.7 Å². The van der Waals surface area contributed by atoms with Gasteiger partial charge in [0.2, 0.25) is 0 Å². The van der Waals surface area contributed by atoms with E-state index in [2.05, 4.69) is 29.7 Å². The van der Waals surface area contributed by atoms with Crippen LogP contribution in [-0.4, -0.2) is 49.1 Å². The molecule has 4 heteroatoms. The van der Waals surface area contributed by atoms with Crippen molar-refractivity contribution in [3.63, 3.8) is 0 Å². The van der Waals surface area contributed by atoms with E-state index >= 15 is 0 Å². The highest BCUT2D eigenvalue weighted by molar-refractivity contribution is 5.45. The average Bonchev–Trinajstić information content (AvgIpc) is 2.54. The third-order valence-electron chi connectivity index (χ3n) is 4.41. The molecule has 1 aliphatic rings. The summed E-state index contributed by atoms with van der Waals surface area (Å²) in [5, 5.41) is 9.02. The predicted molar refractivity (Wildman–Crippen MR) is 84.3 cm³/mol. The fraction of sp³-hybridized carbons (Fsp3) is 0.588. The molecule has 0 saturated carbocycles. The van der Waals surface area contributed by atoms with Crippen molar-refractivity contribution in [1.82, 2.24) is 9.80 Å². The largest absolute Gasteiger partial charge is 0.495 e. The first kappa shape index (κ1) is 15.8. The molecule has 1 heterocycles. The van der Waals surface area contributed by atoms with Crippen molar-refractivity contribution in [2.45, 2.75) is 32.9 Å². The van der Waals surface area contributed by atoms with Crippen molar-refractivity contribution >= 4 is 0 Å². The van der Waals surface area contributed by atoms with Crippen LogP contribution in [0.25, 0.3) is 0 Å². The lowest BCUT2D eigenvalue weighted by Crippen LogP contribution is -2.48. The lowest BCUT2D eigenvalue weighted by atomic mass is 10.1. The minimum Gasteiger partial charge on any atom is -0.495 e. The molecule has 1 unspecified atom stereocenters. The number of nitriles is 1. The van der Waals surface area contributed by atoms with E-state index in [1.54, 1.807) is 7.11 Å². The van der Waals surface area contributed by atoms with Gasteiger partial charge >= 0.3 is 0 Å². The Bertz CT molecular complexity index is 501. The Balaban J connectivity index is 1.93. The number of piperazine rings is 1. The summed E-state index contributed by atoms with van der Waals surface area (Å²) in [5.41, 5.74) is 1.81. The smallest absolute Gasteiger partial charge is 0.136 e. The van der Waals surface area contributed by atoms with Crippen LogP contribution in [-0.2, 0) is 6.54 Å². The van der Waals surface area contributed by atoms with Crippen molar-refractivity contribution in [3.05, 3.63) is 29.3 Å². The molecule has 1 aromatic carbocycles. The van der Waals surface area contributed by atoms with E-state index < -0.39 is 0 Å². The van der Waals surface area contributed by atoms with Gasteiger partial charge in [0.25, 0.3) is 0 Å². The van der Waals surface area contributed by atoms with Crippen LogP contribution in [0.4, 0.5) is 0 Å². The normalized spacial score (nSPS) is 18.2. The molecule has 0 amide bonds. The average molecular weight is 287 g/mol. The molecule has 2 rings (SSSR count). The zero-order valence-corrected chi connectivity index (χ0v) is 13.3. The van der Waals surface area contributed by atoms with Crippen molar-refractivity contribution in [2.75, 3.05) is 33.3 Å². The Hall–Kier alpha value is -1.57. The third kappa shape index (κ3) is 3.96. The van der Waals surface area contributed by atoms with Crippen LogP contribution in [0.15, 0.2) is 18.2 Å². The van der Waals surface area contributed by atoms with Gasteiger partial charge in [0.15, 0.2) is 0 Å². The molecule has 0 bridgehead atoms. The minimum atomic E-state index is 0.600. The molecule has 0 spiro atoms. The van der Waals surface area contributed by atoms with Crippen LogP contribution in [0.2, 0.25) is 0 Å². The van der Waals surface area contributed by atoms with Crippen LogP contribution in [0.1, 0.15) is 31.4 Å². The van der Waals surface area contributed by atoms with Gasteiger partial charge in [-0.15, -0.1) is 0 Å². The maximum atomic E-state index is 9.02. The number of methoxy groups -OCH3 is 1. The maximum Gasteiger partial charge on any atom is 0.136 e. The number of hydrogen-bond donors (Lipinski definition) is 0. The molecule has 1 fully saturated rings. The highest BCUT2D eigenvalue weighted by Gasteiger charge is 2.20. The second-order valence-electron chi connectivity index (χ2n) is 5.72. The van der Waals surface area contributed by atoms with E-state index in [1.165, 1.54) is 12.0 Å². The monoisotopic (exact) mass is 287 g/mol. The Kier molecular flexibility index (Phi) is 5.60. The quantitative estimate of drug-likeness (QED) is 0.834. The van der Waals surface area contributed by atoms with E-state index in [1.807, 2.05) is 18.2 Å². The minimum absolute atomic E-state index is 0.600. The van der Waals surface area contributed by atoms with Gasteiger partial charge in [-0.25, -0.2) is 0 Å². The molecule has 21 heavy (non-hydrogen) atoms.